The molecular formula is C9H18N2O2. The highest BCUT2D eigenvalue weighted by Crippen LogP contribution is 2.10. The third kappa shape index (κ3) is 4.24. The number of ether oxygens (including phenoxy) is 1. The Kier molecular flexibility index (Phi) is 4.78. The van der Waals surface area contributed by atoms with Gasteiger partial charge in [0.05, 0.1) is 13.2 Å². The number of nitrogens with one attached hydrogen (secondary N) is 2. The maximum absolute atomic E-state index is 11.1. The van der Waals surface area contributed by atoms with Crippen molar-refractivity contribution in [1.29, 1.82) is 0 Å². The van der Waals surface area contributed by atoms with Crippen LogP contribution in [0.25, 0.3) is 0 Å². The first kappa shape index (κ1) is 10.5. The number of rotatable bonds is 5. The Balaban J connectivity index is 2.00. The molecular weight excluding hydrogens is 168 g/mol. The summed E-state index contributed by atoms with van der Waals surface area (Å²) in [4.78, 5) is 11.1. The summed E-state index contributed by atoms with van der Waals surface area (Å²) in [5, 5.41) is 5.86. The lowest BCUT2D eigenvalue weighted by molar-refractivity contribution is -0.120. The van der Waals surface area contributed by atoms with Crippen molar-refractivity contribution < 1.29 is 9.53 Å². The maximum Gasteiger partial charge on any atom is 0.233 e. The average molecular weight is 186 g/mol. The van der Waals surface area contributed by atoms with Crippen molar-refractivity contribution in [2.75, 3.05) is 32.8 Å². The van der Waals surface area contributed by atoms with Crippen molar-refractivity contribution in [3.8, 4) is 0 Å². The topological polar surface area (TPSA) is 50.4 Å². The van der Waals surface area contributed by atoms with Crippen LogP contribution in [0.1, 0.15) is 13.3 Å². The molecule has 0 spiro atoms. The summed E-state index contributed by atoms with van der Waals surface area (Å²) in [6, 6.07) is 0. The van der Waals surface area contributed by atoms with E-state index in [2.05, 4.69) is 10.6 Å². The minimum Gasteiger partial charge on any atom is -0.381 e. The largest absolute Gasteiger partial charge is 0.381 e. The molecule has 0 bridgehead atoms. The fourth-order valence-electron chi connectivity index (χ4n) is 1.30. The van der Waals surface area contributed by atoms with Crippen molar-refractivity contribution in [1.82, 2.24) is 10.6 Å². The molecule has 4 nitrogen and oxygen atoms in total. The van der Waals surface area contributed by atoms with E-state index in [0.29, 0.717) is 12.5 Å². The smallest absolute Gasteiger partial charge is 0.233 e. The van der Waals surface area contributed by atoms with Gasteiger partial charge in [0, 0.05) is 19.1 Å². The molecule has 1 atom stereocenters. The minimum atomic E-state index is 0.0775. The van der Waals surface area contributed by atoms with Crippen molar-refractivity contribution in [2.24, 2.45) is 5.92 Å². The van der Waals surface area contributed by atoms with Crippen LogP contribution in [-0.2, 0) is 9.53 Å². The van der Waals surface area contributed by atoms with Crippen LogP contribution in [0, 0.1) is 5.92 Å². The second kappa shape index (κ2) is 5.94. The molecule has 0 aliphatic carbocycles. The van der Waals surface area contributed by atoms with Crippen LogP contribution in [0.4, 0.5) is 0 Å². The Morgan fingerprint density at radius 2 is 2.46 bits per heavy atom. The van der Waals surface area contributed by atoms with E-state index < -0.39 is 0 Å². The molecule has 4 heteroatoms. The first-order valence-electron chi connectivity index (χ1n) is 4.88. The third-order valence-corrected chi connectivity index (χ3v) is 2.15. The highest BCUT2D eigenvalue weighted by atomic mass is 16.5. The molecule has 1 heterocycles. The molecule has 1 fully saturated rings. The van der Waals surface area contributed by atoms with E-state index in [4.69, 9.17) is 4.74 Å². The summed E-state index contributed by atoms with van der Waals surface area (Å²) in [6.07, 6.45) is 1.07. The van der Waals surface area contributed by atoms with Gasteiger partial charge in [-0.05, 0) is 13.0 Å². The van der Waals surface area contributed by atoms with Gasteiger partial charge in [-0.25, -0.2) is 0 Å². The standard InChI is InChI=1S/C9H18N2O2/c1-2-10-6-9(12)11-5-8-3-4-13-7-8/h8,10H,2-7H2,1H3,(H,11,12). The van der Waals surface area contributed by atoms with Crippen LogP contribution in [0.2, 0.25) is 0 Å². The van der Waals surface area contributed by atoms with Gasteiger partial charge >= 0.3 is 0 Å². The predicted octanol–water partition coefficient (Wildman–Crippen LogP) is -0.251. The summed E-state index contributed by atoms with van der Waals surface area (Å²) in [5.41, 5.74) is 0. The fourth-order valence-corrected chi connectivity index (χ4v) is 1.30. The van der Waals surface area contributed by atoms with Crippen LogP contribution in [-0.4, -0.2) is 38.8 Å². The van der Waals surface area contributed by atoms with E-state index in [9.17, 15) is 4.79 Å². The second-order valence-corrected chi connectivity index (χ2v) is 3.31. The highest BCUT2D eigenvalue weighted by molar-refractivity contribution is 5.77. The number of amides is 1. The summed E-state index contributed by atoms with van der Waals surface area (Å²) >= 11 is 0. The molecule has 0 saturated carbocycles. The van der Waals surface area contributed by atoms with E-state index in [-0.39, 0.29) is 5.91 Å². The van der Waals surface area contributed by atoms with Gasteiger partial charge in [0.2, 0.25) is 5.91 Å². The lowest BCUT2D eigenvalue weighted by Gasteiger charge is -2.09. The quantitative estimate of drug-likeness (QED) is 0.622. The van der Waals surface area contributed by atoms with Crippen molar-refractivity contribution in [2.45, 2.75) is 13.3 Å². The predicted molar refractivity (Wildman–Crippen MR) is 50.5 cm³/mol. The summed E-state index contributed by atoms with van der Waals surface area (Å²) in [5.74, 6) is 0.597. The Morgan fingerprint density at radius 3 is 3.08 bits per heavy atom. The Morgan fingerprint density at radius 1 is 1.62 bits per heavy atom. The minimum absolute atomic E-state index is 0.0775. The summed E-state index contributed by atoms with van der Waals surface area (Å²) < 4.78 is 5.20. The zero-order valence-electron chi connectivity index (χ0n) is 8.14. The lowest BCUT2D eigenvalue weighted by atomic mass is 10.1. The van der Waals surface area contributed by atoms with Crippen molar-refractivity contribution >= 4 is 5.91 Å². The lowest BCUT2D eigenvalue weighted by Crippen LogP contribution is -2.36. The van der Waals surface area contributed by atoms with Crippen LogP contribution < -0.4 is 10.6 Å². The number of carbonyl (C=O) groups excluding carboxylic acids is 1. The van der Waals surface area contributed by atoms with Gasteiger partial charge in [-0.15, -0.1) is 0 Å². The summed E-state index contributed by atoms with van der Waals surface area (Å²) in [7, 11) is 0. The van der Waals surface area contributed by atoms with Crippen LogP contribution in [0.15, 0.2) is 0 Å². The number of carbonyl (C=O) groups is 1. The molecule has 13 heavy (non-hydrogen) atoms. The Bertz CT molecular complexity index is 156. The Labute approximate surface area is 79.0 Å². The van der Waals surface area contributed by atoms with Crippen LogP contribution in [0.5, 0.6) is 0 Å². The van der Waals surface area contributed by atoms with Gasteiger partial charge < -0.3 is 15.4 Å². The normalized spacial score (nSPS) is 21.8. The molecule has 1 saturated heterocycles. The number of hydrogen-bond donors (Lipinski definition) is 2. The zero-order valence-corrected chi connectivity index (χ0v) is 8.14. The monoisotopic (exact) mass is 186 g/mol. The van der Waals surface area contributed by atoms with Gasteiger partial charge in [0.25, 0.3) is 0 Å². The maximum atomic E-state index is 11.1. The van der Waals surface area contributed by atoms with E-state index in [1.807, 2.05) is 6.92 Å². The third-order valence-electron chi connectivity index (χ3n) is 2.15. The van der Waals surface area contributed by atoms with E-state index in [1.165, 1.54) is 0 Å². The van der Waals surface area contributed by atoms with Crippen molar-refractivity contribution in [3.05, 3.63) is 0 Å². The van der Waals surface area contributed by atoms with Gasteiger partial charge in [0.15, 0.2) is 0 Å². The molecule has 0 radical (unpaired) electrons. The molecule has 1 aliphatic heterocycles. The molecule has 1 unspecified atom stereocenters. The zero-order chi connectivity index (χ0) is 9.52. The van der Waals surface area contributed by atoms with Crippen LogP contribution >= 0.6 is 0 Å². The van der Waals surface area contributed by atoms with Crippen molar-refractivity contribution in [3.63, 3.8) is 0 Å². The van der Waals surface area contributed by atoms with Gasteiger partial charge in [-0.3, -0.25) is 4.79 Å². The van der Waals surface area contributed by atoms with E-state index in [0.717, 1.165) is 32.7 Å². The Hall–Kier alpha value is -0.610. The number of hydrogen-bond acceptors (Lipinski definition) is 3. The first-order chi connectivity index (χ1) is 6.33. The SMILES string of the molecule is CCNCC(=O)NCC1CCOC1. The van der Waals surface area contributed by atoms with Gasteiger partial charge in [-0.2, -0.15) is 0 Å². The molecule has 0 aromatic rings. The molecule has 0 aromatic heterocycles. The molecule has 1 amide bonds. The average Bonchev–Trinajstić information content (AvgIpc) is 2.64. The highest BCUT2D eigenvalue weighted by Gasteiger charge is 2.15. The molecule has 76 valence electrons. The second-order valence-electron chi connectivity index (χ2n) is 3.31. The van der Waals surface area contributed by atoms with E-state index >= 15 is 0 Å². The van der Waals surface area contributed by atoms with E-state index in [1.54, 1.807) is 0 Å². The van der Waals surface area contributed by atoms with Crippen LogP contribution in [0.3, 0.4) is 0 Å². The first-order valence-corrected chi connectivity index (χ1v) is 4.88. The number of likely N-dealkylation sites (N-methyl/N-ethyl adjacent to an activating group) is 1. The molecule has 2 N–H and O–H groups in total. The molecule has 1 aliphatic rings. The molecule has 1 rings (SSSR count). The molecule has 0 aromatic carbocycles. The van der Waals surface area contributed by atoms with Gasteiger partial charge in [0.1, 0.15) is 0 Å². The summed E-state index contributed by atoms with van der Waals surface area (Å²) in [6.45, 7) is 5.63. The van der Waals surface area contributed by atoms with Gasteiger partial charge in [-0.1, -0.05) is 6.92 Å². The fraction of sp³-hybridized carbons (Fsp3) is 0.889.